The molecule has 1 aromatic rings. The molecule has 0 saturated carbocycles. The smallest absolute Gasteiger partial charge is 0.410 e. The third kappa shape index (κ3) is 4.22. The molecule has 0 radical (unpaired) electrons. The van der Waals surface area contributed by atoms with E-state index in [0.717, 1.165) is 0 Å². The lowest BCUT2D eigenvalue weighted by Crippen LogP contribution is -2.50. The Balaban J connectivity index is 1.96. The second-order valence-corrected chi connectivity index (χ2v) is 6.03. The summed E-state index contributed by atoms with van der Waals surface area (Å²) in [6, 6.07) is 3.38. The average Bonchev–Trinajstić information content (AvgIpc) is 2.47. The van der Waals surface area contributed by atoms with E-state index in [-0.39, 0.29) is 6.09 Å². The Morgan fingerprint density at radius 1 is 1.32 bits per heavy atom. The van der Waals surface area contributed by atoms with E-state index in [0.29, 0.717) is 37.7 Å². The molecule has 0 aromatic carbocycles. The maximum Gasteiger partial charge on any atom is 0.410 e. The number of aromatic nitrogens is 1. The molecule has 0 spiro atoms. The number of hydrogen-bond donors (Lipinski definition) is 0. The van der Waals surface area contributed by atoms with Crippen molar-refractivity contribution in [2.45, 2.75) is 26.4 Å². The molecule has 1 aliphatic rings. The van der Waals surface area contributed by atoms with Crippen LogP contribution in [0.3, 0.4) is 0 Å². The minimum Gasteiger partial charge on any atom is -0.459 e. The molecule has 1 amide bonds. The summed E-state index contributed by atoms with van der Waals surface area (Å²) in [7, 11) is 0. The first-order valence-electron chi connectivity index (χ1n) is 7.27. The van der Waals surface area contributed by atoms with Gasteiger partial charge in [-0.25, -0.2) is 14.2 Å². The zero-order valence-electron chi connectivity index (χ0n) is 13.2. The molecular formula is C15H22FN3O3. The van der Waals surface area contributed by atoms with Crippen molar-refractivity contribution < 1.29 is 18.7 Å². The van der Waals surface area contributed by atoms with Crippen LogP contribution in [-0.4, -0.2) is 54.6 Å². The zero-order chi connectivity index (χ0) is 16.2. The maximum atomic E-state index is 12.4. The van der Waals surface area contributed by atoms with Crippen LogP contribution < -0.4 is 9.64 Å². The number of ether oxygens (including phenoxy) is 2. The minimum atomic E-state index is -0.892. The van der Waals surface area contributed by atoms with Crippen molar-refractivity contribution in [3.05, 3.63) is 18.3 Å². The fourth-order valence-electron chi connectivity index (χ4n) is 2.22. The molecule has 1 fully saturated rings. The van der Waals surface area contributed by atoms with Crippen LogP contribution in [0.15, 0.2) is 18.3 Å². The molecule has 0 aliphatic carbocycles. The van der Waals surface area contributed by atoms with Gasteiger partial charge in [-0.1, -0.05) is 0 Å². The van der Waals surface area contributed by atoms with Gasteiger partial charge in [-0.15, -0.1) is 0 Å². The molecule has 22 heavy (non-hydrogen) atoms. The number of pyridine rings is 1. The summed E-state index contributed by atoms with van der Waals surface area (Å²) in [4.78, 5) is 19.9. The number of piperazine rings is 1. The van der Waals surface area contributed by atoms with Crippen LogP contribution in [0.25, 0.3) is 0 Å². The van der Waals surface area contributed by atoms with Crippen molar-refractivity contribution in [1.82, 2.24) is 9.88 Å². The maximum absolute atomic E-state index is 12.4. The predicted octanol–water partition coefficient (Wildman–Crippen LogP) is 2.44. The van der Waals surface area contributed by atoms with Crippen molar-refractivity contribution in [3.8, 4) is 5.75 Å². The third-order valence-electron chi connectivity index (χ3n) is 3.19. The lowest BCUT2D eigenvalue weighted by atomic mass is 10.2. The van der Waals surface area contributed by atoms with E-state index in [2.05, 4.69) is 4.98 Å². The van der Waals surface area contributed by atoms with Gasteiger partial charge in [0.15, 0.2) is 11.6 Å². The molecule has 0 bridgehead atoms. The standard InChI is InChI=1S/C15H22FN3O3/c1-15(2,3)22-14(20)19-9-7-18(8-10-19)13-12(21-11-16)5-4-6-17-13/h4-6H,7-11H2,1-3H3. The second kappa shape index (κ2) is 6.81. The molecule has 7 heteroatoms. The first-order chi connectivity index (χ1) is 10.4. The fourth-order valence-corrected chi connectivity index (χ4v) is 2.22. The SMILES string of the molecule is CC(C)(C)OC(=O)N1CCN(c2ncccc2OCF)CC1. The van der Waals surface area contributed by atoms with Gasteiger partial charge in [0.05, 0.1) is 0 Å². The molecule has 1 saturated heterocycles. The number of rotatable bonds is 3. The van der Waals surface area contributed by atoms with Gasteiger partial charge in [-0.3, -0.25) is 0 Å². The van der Waals surface area contributed by atoms with Crippen LogP contribution in [0.2, 0.25) is 0 Å². The van der Waals surface area contributed by atoms with Gasteiger partial charge in [0.25, 0.3) is 0 Å². The highest BCUT2D eigenvalue weighted by atomic mass is 19.1. The molecule has 1 aliphatic heterocycles. The summed E-state index contributed by atoms with van der Waals surface area (Å²) in [6.45, 7) is 6.89. The van der Waals surface area contributed by atoms with E-state index < -0.39 is 12.5 Å². The molecule has 1 aromatic heterocycles. The molecular weight excluding hydrogens is 289 g/mol. The van der Waals surface area contributed by atoms with Gasteiger partial charge in [0.2, 0.25) is 6.86 Å². The van der Waals surface area contributed by atoms with Crippen LogP contribution in [-0.2, 0) is 4.74 Å². The minimum absolute atomic E-state index is 0.312. The van der Waals surface area contributed by atoms with Crippen LogP contribution in [0.5, 0.6) is 5.75 Å². The number of halogens is 1. The van der Waals surface area contributed by atoms with Crippen molar-refractivity contribution in [3.63, 3.8) is 0 Å². The first-order valence-corrected chi connectivity index (χ1v) is 7.27. The highest BCUT2D eigenvalue weighted by molar-refractivity contribution is 5.68. The van der Waals surface area contributed by atoms with E-state index in [1.165, 1.54) is 0 Å². The highest BCUT2D eigenvalue weighted by Gasteiger charge is 2.27. The summed E-state index contributed by atoms with van der Waals surface area (Å²) < 4.78 is 22.7. The Kier molecular flexibility index (Phi) is 5.05. The number of alkyl halides is 1. The Morgan fingerprint density at radius 2 is 2.00 bits per heavy atom. The summed E-state index contributed by atoms with van der Waals surface area (Å²) in [5.74, 6) is 1.01. The topological polar surface area (TPSA) is 54.9 Å². The van der Waals surface area contributed by atoms with Gasteiger partial charge in [0, 0.05) is 32.4 Å². The summed E-state index contributed by atoms with van der Waals surface area (Å²) >= 11 is 0. The molecule has 2 rings (SSSR count). The van der Waals surface area contributed by atoms with E-state index in [1.54, 1.807) is 23.2 Å². The average molecular weight is 311 g/mol. The van der Waals surface area contributed by atoms with Gasteiger partial charge < -0.3 is 19.3 Å². The third-order valence-corrected chi connectivity index (χ3v) is 3.19. The van der Waals surface area contributed by atoms with Crippen molar-refractivity contribution in [1.29, 1.82) is 0 Å². The molecule has 0 unspecified atom stereocenters. The largest absolute Gasteiger partial charge is 0.459 e. The summed E-state index contributed by atoms with van der Waals surface area (Å²) in [5, 5.41) is 0. The number of anilines is 1. The van der Waals surface area contributed by atoms with Crippen molar-refractivity contribution in [2.75, 3.05) is 37.9 Å². The number of carbonyl (C=O) groups excluding carboxylic acids is 1. The first kappa shape index (κ1) is 16.3. The lowest BCUT2D eigenvalue weighted by molar-refractivity contribution is 0.0240. The summed E-state index contributed by atoms with van der Waals surface area (Å²) in [6.07, 6.45) is 1.33. The number of nitrogens with zero attached hydrogens (tertiary/aromatic N) is 3. The Morgan fingerprint density at radius 3 is 2.59 bits per heavy atom. The normalized spacial score (nSPS) is 15.6. The van der Waals surface area contributed by atoms with Crippen LogP contribution in [0.4, 0.5) is 15.0 Å². The number of carbonyl (C=O) groups is 1. The Bertz CT molecular complexity index is 511. The lowest BCUT2D eigenvalue weighted by Gasteiger charge is -2.36. The molecule has 0 atom stereocenters. The number of amides is 1. The predicted molar refractivity (Wildman–Crippen MR) is 80.9 cm³/mol. The van der Waals surface area contributed by atoms with Crippen LogP contribution >= 0.6 is 0 Å². The van der Waals surface area contributed by atoms with Crippen molar-refractivity contribution in [2.24, 2.45) is 0 Å². The van der Waals surface area contributed by atoms with Gasteiger partial charge in [0.1, 0.15) is 5.60 Å². The Labute approximate surface area is 129 Å². The van der Waals surface area contributed by atoms with Gasteiger partial charge in [-0.05, 0) is 32.9 Å². The van der Waals surface area contributed by atoms with E-state index in [9.17, 15) is 9.18 Å². The van der Waals surface area contributed by atoms with E-state index >= 15 is 0 Å². The van der Waals surface area contributed by atoms with E-state index in [4.69, 9.17) is 9.47 Å². The van der Waals surface area contributed by atoms with Crippen LogP contribution in [0.1, 0.15) is 20.8 Å². The molecule has 122 valence electrons. The van der Waals surface area contributed by atoms with Crippen molar-refractivity contribution >= 4 is 11.9 Å². The molecule has 0 N–H and O–H groups in total. The molecule has 2 heterocycles. The fraction of sp³-hybridized carbons (Fsp3) is 0.600. The molecule has 6 nitrogen and oxygen atoms in total. The van der Waals surface area contributed by atoms with E-state index in [1.807, 2.05) is 25.7 Å². The monoisotopic (exact) mass is 311 g/mol. The Hall–Kier alpha value is -2.05. The quantitative estimate of drug-likeness (QED) is 0.858. The van der Waals surface area contributed by atoms with Crippen LogP contribution in [0, 0.1) is 0 Å². The highest BCUT2D eigenvalue weighted by Crippen LogP contribution is 2.26. The second-order valence-electron chi connectivity index (χ2n) is 6.03. The van der Waals surface area contributed by atoms with Gasteiger partial charge >= 0.3 is 6.09 Å². The number of hydrogen-bond acceptors (Lipinski definition) is 5. The van der Waals surface area contributed by atoms with Gasteiger partial charge in [-0.2, -0.15) is 0 Å². The zero-order valence-corrected chi connectivity index (χ0v) is 13.2. The summed E-state index contributed by atoms with van der Waals surface area (Å²) in [5.41, 5.74) is -0.503.